The monoisotopic (exact) mass is 411 g/mol. The number of ether oxygens (including phenoxy) is 1. The molecule has 0 aliphatic heterocycles. The number of imidazole rings is 1. The standard InChI is InChI=1S/C21H22ClN5O2/c1-2-10-28-11-9-23-12-18-20(15-3-6-17(22)7-4-15)25-19-8-5-16(13-27(18)19)21-24-14-29-26-21/h3-8,13-14,23H,2,9-12H2,1H3. The molecule has 29 heavy (non-hydrogen) atoms. The van der Waals surface area contributed by atoms with Gasteiger partial charge in [0.15, 0.2) is 0 Å². The van der Waals surface area contributed by atoms with E-state index in [-0.39, 0.29) is 0 Å². The first-order valence-electron chi connectivity index (χ1n) is 9.58. The second-order valence-corrected chi connectivity index (χ2v) is 7.04. The van der Waals surface area contributed by atoms with E-state index < -0.39 is 0 Å². The Morgan fingerprint density at radius 2 is 1.93 bits per heavy atom. The summed E-state index contributed by atoms with van der Waals surface area (Å²) < 4.78 is 12.5. The fraction of sp³-hybridized carbons (Fsp3) is 0.286. The van der Waals surface area contributed by atoms with Gasteiger partial charge in [0.2, 0.25) is 12.2 Å². The first-order chi connectivity index (χ1) is 14.3. The molecule has 8 heteroatoms. The quantitative estimate of drug-likeness (QED) is 0.415. The highest BCUT2D eigenvalue weighted by atomic mass is 35.5. The Morgan fingerprint density at radius 3 is 2.69 bits per heavy atom. The number of benzene rings is 1. The van der Waals surface area contributed by atoms with Crippen LogP contribution < -0.4 is 5.32 Å². The van der Waals surface area contributed by atoms with E-state index in [4.69, 9.17) is 25.8 Å². The van der Waals surface area contributed by atoms with Crippen molar-refractivity contribution in [3.05, 3.63) is 59.7 Å². The summed E-state index contributed by atoms with van der Waals surface area (Å²) in [5, 5.41) is 8.09. The van der Waals surface area contributed by atoms with Crippen LogP contribution in [0.1, 0.15) is 19.0 Å². The molecule has 0 radical (unpaired) electrons. The molecule has 0 unspecified atom stereocenters. The van der Waals surface area contributed by atoms with Crippen molar-refractivity contribution in [1.29, 1.82) is 0 Å². The van der Waals surface area contributed by atoms with Crippen LogP contribution in [0.25, 0.3) is 28.3 Å². The molecule has 0 bridgehead atoms. The Labute approximate surface area is 173 Å². The van der Waals surface area contributed by atoms with Gasteiger partial charge in [-0.25, -0.2) is 4.98 Å². The Balaban J connectivity index is 1.67. The number of halogens is 1. The van der Waals surface area contributed by atoms with Gasteiger partial charge >= 0.3 is 0 Å². The van der Waals surface area contributed by atoms with Gasteiger partial charge in [-0.15, -0.1) is 0 Å². The summed E-state index contributed by atoms with van der Waals surface area (Å²) in [4.78, 5) is 8.99. The largest absolute Gasteiger partial charge is 0.380 e. The molecule has 0 amide bonds. The van der Waals surface area contributed by atoms with E-state index in [0.29, 0.717) is 24.0 Å². The maximum absolute atomic E-state index is 6.06. The Bertz CT molecular complexity index is 1060. The van der Waals surface area contributed by atoms with Gasteiger partial charge in [-0.2, -0.15) is 4.98 Å². The molecule has 0 atom stereocenters. The zero-order valence-corrected chi connectivity index (χ0v) is 16.9. The number of nitrogens with zero attached hydrogens (tertiary/aromatic N) is 4. The molecule has 3 aromatic heterocycles. The van der Waals surface area contributed by atoms with Crippen LogP contribution in [0.4, 0.5) is 0 Å². The molecular formula is C21H22ClN5O2. The minimum Gasteiger partial charge on any atom is -0.380 e. The second kappa shape index (κ2) is 9.17. The summed E-state index contributed by atoms with van der Waals surface area (Å²) in [7, 11) is 0. The molecule has 0 spiro atoms. The minimum absolute atomic E-state index is 0.542. The zero-order chi connectivity index (χ0) is 20.1. The van der Waals surface area contributed by atoms with E-state index >= 15 is 0 Å². The minimum atomic E-state index is 0.542. The van der Waals surface area contributed by atoms with Crippen LogP contribution in [0.15, 0.2) is 53.5 Å². The first kappa shape index (κ1) is 19.6. The van der Waals surface area contributed by atoms with Gasteiger partial charge in [-0.3, -0.25) is 0 Å². The normalized spacial score (nSPS) is 11.4. The highest BCUT2D eigenvalue weighted by molar-refractivity contribution is 6.30. The van der Waals surface area contributed by atoms with Gasteiger partial charge in [0.1, 0.15) is 5.65 Å². The lowest BCUT2D eigenvalue weighted by molar-refractivity contribution is 0.136. The highest BCUT2D eigenvalue weighted by Crippen LogP contribution is 2.27. The summed E-state index contributed by atoms with van der Waals surface area (Å²) in [6.45, 7) is 4.96. The lowest BCUT2D eigenvalue weighted by Crippen LogP contribution is -2.20. The smallest absolute Gasteiger partial charge is 0.214 e. The van der Waals surface area contributed by atoms with Crippen molar-refractivity contribution in [3.63, 3.8) is 0 Å². The van der Waals surface area contributed by atoms with Crippen LogP contribution in [0.5, 0.6) is 0 Å². The van der Waals surface area contributed by atoms with Crippen LogP contribution in [0, 0.1) is 0 Å². The second-order valence-electron chi connectivity index (χ2n) is 6.60. The SMILES string of the molecule is CCCOCCNCc1c(-c2ccc(Cl)cc2)nc2ccc(-c3ncon3)cn12. The number of fused-ring (bicyclic) bond motifs is 1. The van der Waals surface area contributed by atoms with E-state index in [1.807, 2.05) is 42.6 Å². The third kappa shape index (κ3) is 4.48. The lowest BCUT2D eigenvalue weighted by atomic mass is 10.1. The van der Waals surface area contributed by atoms with Gasteiger partial charge in [0.25, 0.3) is 0 Å². The molecule has 4 aromatic rings. The zero-order valence-electron chi connectivity index (χ0n) is 16.1. The van der Waals surface area contributed by atoms with Crippen molar-refractivity contribution < 1.29 is 9.26 Å². The molecule has 0 aliphatic carbocycles. The lowest BCUT2D eigenvalue weighted by Gasteiger charge is -2.09. The summed E-state index contributed by atoms with van der Waals surface area (Å²) in [5.74, 6) is 0.542. The molecule has 0 fully saturated rings. The predicted octanol–water partition coefficient (Wildman–Crippen LogP) is 4.22. The van der Waals surface area contributed by atoms with E-state index in [9.17, 15) is 0 Å². The number of rotatable bonds is 9. The maximum atomic E-state index is 6.06. The molecule has 0 saturated heterocycles. The van der Waals surface area contributed by atoms with Crippen LogP contribution >= 0.6 is 11.6 Å². The average Bonchev–Trinajstić information content (AvgIpc) is 3.39. The molecule has 1 aromatic carbocycles. The topological polar surface area (TPSA) is 77.5 Å². The Morgan fingerprint density at radius 1 is 1.10 bits per heavy atom. The van der Waals surface area contributed by atoms with E-state index in [2.05, 4.69) is 26.8 Å². The molecule has 0 aliphatic rings. The third-order valence-electron chi connectivity index (χ3n) is 4.52. The van der Waals surface area contributed by atoms with Gasteiger partial charge in [0, 0.05) is 42.0 Å². The predicted molar refractivity (Wildman–Crippen MR) is 112 cm³/mol. The summed E-state index contributed by atoms with van der Waals surface area (Å²) in [5.41, 5.74) is 4.68. The van der Waals surface area contributed by atoms with Gasteiger partial charge in [-0.05, 0) is 30.7 Å². The summed E-state index contributed by atoms with van der Waals surface area (Å²) in [6.07, 6.45) is 4.33. The fourth-order valence-electron chi connectivity index (χ4n) is 3.13. The Hall–Kier alpha value is -2.74. The molecule has 4 rings (SSSR count). The first-order valence-corrected chi connectivity index (χ1v) is 9.96. The highest BCUT2D eigenvalue weighted by Gasteiger charge is 2.15. The number of hydrogen-bond donors (Lipinski definition) is 1. The van der Waals surface area contributed by atoms with Crippen LogP contribution in [-0.2, 0) is 11.3 Å². The molecule has 150 valence electrons. The van der Waals surface area contributed by atoms with Crippen LogP contribution in [0.3, 0.4) is 0 Å². The molecule has 0 saturated carbocycles. The van der Waals surface area contributed by atoms with Gasteiger partial charge in [-0.1, -0.05) is 35.8 Å². The molecule has 7 nitrogen and oxygen atoms in total. The number of aromatic nitrogens is 4. The van der Waals surface area contributed by atoms with Crippen molar-refractivity contribution in [2.75, 3.05) is 19.8 Å². The Kier molecular flexibility index (Phi) is 6.19. The molecule has 1 N–H and O–H groups in total. The summed E-state index contributed by atoms with van der Waals surface area (Å²) in [6, 6.07) is 11.6. The molecular weight excluding hydrogens is 390 g/mol. The third-order valence-corrected chi connectivity index (χ3v) is 4.77. The number of pyridine rings is 1. The number of nitrogens with one attached hydrogen (secondary N) is 1. The fourth-order valence-corrected chi connectivity index (χ4v) is 3.25. The van der Waals surface area contributed by atoms with Crippen molar-refractivity contribution >= 4 is 17.2 Å². The van der Waals surface area contributed by atoms with Crippen molar-refractivity contribution in [2.45, 2.75) is 19.9 Å². The van der Waals surface area contributed by atoms with Crippen LogP contribution in [0.2, 0.25) is 5.02 Å². The average molecular weight is 412 g/mol. The van der Waals surface area contributed by atoms with Gasteiger partial charge in [0.05, 0.1) is 18.0 Å². The number of hydrogen-bond acceptors (Lipinski definition) is 6. The van der Waals surface area contributed by atoms with Crippen molar-refractivity contribution in [1.82, 2.24) is 24.8 Å². The van der Waals surface area contributed by atoms with E-state index in [1.54, 1.807) is 0 Å². The van der Waals surface area contributed by atoms with Crippen molar-refractivity contribution in [2.24, 2.45) is 0 Å². The van der Waals surface area contributed by atoms with E-state index in [1.165, 1.54) is 6.39 Å². The van der Waals surface area contributed by atoms with Crippen LogP contribution in [-0.4, -0.2) is 39.3 Å². The molecule has 3 heterocycles. The summed E-state index contributed by atoms with van der Waals surface area (Å²) >= 11 is 6.06. The maximum Gasteiger partial charge on any atom is 0.214 e. The van der Waals surface area contributed by atoms with E-state index in [0.717, 1.165) is 47.7 Å². The van der Waals surface area contributed by atoms with Gasteiger partial charge < -0.3 is 19.0 Å². The van der Waals surface area contributed by atoms with Crippen molar-refractivity contribution in [3.8, 4) is 22.6 Å².